The highest BCUT2D eigenvalue weighted by molar-refractivity contribution is 7.07. The van der Waals surface area contributed by atoms with Gasteiger partial charge in [-0.25, -0.2) is 0 Å². The van der Waals surface area contributed by atoms with Crippen molar-refractivity contribution in [2.45, 2.75) is 19.4 Å². The summed E-state index contributed by atoms with van der Waals surface area (Å²) in [5.74, 6) is 0.826. The first kappa shape index (κ1) is 12.1. The zero-order valence-electron chi connectivity index (χ0n) is 10.0. The van der Waals surface area contributed by atoms with Crippen LogP contribution in [0.5, 0.6) is 5.75 Å². The van der Waals surface area contributed by atoms with Crippen LogP contribution in [0.1, 0.15) is 22.8 Å². The van der Waals surface area contributed by atoms with Gasteiger partial charge in [-0.05, 0) is 46.5 Å². The van der Waals surface area contributed by atoms with Gasteiger partial charge in [0, 0.05) is 6.42 Å². The van der Waals surface area contributed by atoms with Crippen LogP contribution in [0.4, 0.5) is 0 Å². The minimum absolute atomic E-state index is 0.473. The molecule has 1 N–H and O–H groups in total. The summed E-state index contributed by atoms with van der Waals surface area (Å²) in [5, 5.41) is 14.2. The number of aliphatic hydroxyl groups excluding tert-OH is 1. The van der Waals surface area contributed by atoms with Crippen molar-refractivity contribution in [2.24, 2.45) is 0 Å². The molecule has 0 saturated heterocycles. The van der Waals surface area contributed by atoms with E-state index in [1.165, 1.54) is 5.56 Å². The van der Waals surface area contributed by atoms with Crippen molar-refractivity contribution < 1.29 is 9.84 Å². The molecule has 0 aliphatic heterocycles. The number of thiophene rings is 1. The predicted octanol–water partition coefficient (Wildman–Crippen LogP) is 3.34. The summed E-state index contributed by atoms with van der Waals surface area (Å²) in [5.41, 5.74) is 3.15. The maximum absolute atomic E-state index is 10.2. The smallest absolute Gasteiger partial charge is 0.122 e. The molecule has 0 fully saturated rings. The van der Waals surface area contributed by atoms with E-state index in [1.807, 2.05) is 36.6 Å². The summed E-state index contributed by atoms with van der Waals surface area (Å²) in [6.45, 7) is 1.99. The van der Waals surface area contributed by atoms with Crippen LogP contribution in [0.15, 0.2) is 35.0 Å². The van der Waals surface area contributed by atoms with E-state index >= 15 is 0 Å². The lowest BCUT2D eigenvalue weighted by Crippen LogP contribution is -2.02. The molecule has 0 aliphatic rings. The second-order valence-electron chi connectivity index (χ2n) is 4.08. The first-order valence-corrected chi connectivity index (χ1v) is 6.48. The Morgan fingerprint density at radius 3 is 2.82 bits per heavy atom. The molecule has 90 valence electrons. The van der Waals surface area contributed by atoms with Crippen LogP contribution < -0.4 is 4.74 Å². The first-order valence-electron chi connectivity index (χ1n) is 5.54. The molecule has 2 nitrogen and oxygen atoms in total. The van der Waals surface area contributed by atoms with Gasteiger partial charge in [0.2, 0.25) is 0 Å². The Hall–Kier alpha value is -1.32. The lowest BCUT2D eigenvalue weighted by Gasteiger charge is -2.12. The third-order valence-corrected chi connectivity index (χ3v) is 3.56. The summed E-state index contributed by atoms with van der Waals surface area (Å²) in [4.78, 5) is 0. The molecule has 1 unspecified atom stereocenters. The van der Waals surface area contributed by atoms with Crippen molar-refractivity contribution in [3.63, 3.8) is 0 Å². The molecular weight excluding hydrogens is 232 g/mol. The molecule has 0 saturated carbocycles. The summed E-state index contributed by atoms with van der Waals surface area (Å²) in [6, 6.07) is 7.88. The van der Waals surface area contributed by atoms with E-state index in [2.05, 4.69) is 5.38 Å². The largest absolute Gasteiger partial charge is 0.496 e. The number of aliphatic hydroxyl groups is 1. The number of hydrogen-bond donors (Lipinski definition) is 1. The SMILES string of the molecule is COc1cc(C(O)Cc2ccsc2)ccc1C. The van der Waals surface area contributed by atoms with Crippen molar-refractivity contribution >= 4 is 11.3 Å². The Morgan fingerprint density at radius 2 is 2.18 bits per heavy atom. The van der Waals surface area contributed by atoms with E-state index in [4.69, 9.17) is 4.74 Å². The van der Waals surface area contributed by atoms with Crippen LogP contribution in [-0.4, -0.2) is 12.2 Å². The summed E-state index contributed by atoms with van der Waals surface area (Å²) in [7, 11) is 1.65. The summed E-state index contributed by atoms with van der Waals surface area (Å²) >= 11 is 1.65. The third-order valence-electron chi connectivity index (χ3n) is 2.83. The molecule has 0 radical (unpaired) electrons. The fraction of sp³-hybridized carbons (Fsp3) is 0.286. The Balaban J connectivity index is 2.16. The first-order chi connectivity index (χ1) is 8.20. The average molecular weight is 248 g/mol. The van der Waals surface area contributed by atoms with E-state index < -0.39 is 6.10 Å². The number of hydrogen-bond acceptors (Lipinski definition) is 3. The topological polar surface area (TPSA) is 29.5 Å². The minimum atomic E-state index is -0.473. The Labute approximate surface area is 105 Å². The van der Waals surface area contributed by atoms with Gasteiger partial charge in [0.05, 0.1) is 13.2 Å². The maximum Gasteiger partial charge on any atom is 0.122 e. The molecule has 17 heavy (non-hydrogen) atoms. The van der Waals surface area contributed by atoms with Gasteiger partial charge in [-0.3, -0.25) is 0 Å². The standard InChI is InChI=1S/C14H16O2S/c1-10-3-4-12(8-14(10)16-2)13(15)7-11-5-6-17-9-11/h3-6,8-9,13,15H,7H2,1-2H3. The van der Waals surface area contributed by atoms with E-state index in [9.17, 15) is 5.11 Å². The van der Waals surface area contributed by atoms with E-state index in [0.717, 1.165) is 16.9 Å². The van der Waals surface area contributed by atoms with Crippen LogP contribution in [-0.2, 0) is 6.42 Å². The molecule has 1 aromatic heterocycles. The van der Waals surface area contributed by atoms with Gasteiger partial charge in [-0.2, -0.15) is 11.3 Å². The lowest BCUT2D eigenvalue weighted by molar-refractivity contribution is 0.178. The highest BCUT2D eigenvalue weighted by Gasteiger charge is 2.10. The molecular formula is C14H16O2S. The molecule has 1 atom stereocenters. The van der Waals surface area contributed by atoms with Crippen LogP contribution >= 0.6 is 11.3 Å². The molecule has 1 heterocycles. The molecule has 0 amide bonds. The van der Waals surface area contributed by atoms with Crippen LogP contribution in [0.3, 0.4) is 0 Å². The Morgan fingerprint density at radius 1 is 1.35 bits per heavy atom. The summed E-state index contributed by atoms with van der Waals surface area (Å²) in [6.07, 6.45) is 0.175. The monoisotopic (exact) mass is 248 g/mol. The predicted molar refractivity (Wildman–Crippen MR) is 70.7 cm³/mol. The van der Waals surface area contributed by atoms with Gasteiger partial charge < -0.3 is 9.84 Å². The van der Waals surface area contributed by atoms with Crippen molar-refractivity contribution in [2.75, 3.05) is 7.11 Å². The zero-order valence-corrected chi connectivity index (χ0v) is 10.8. The molecule has 0 bridgehead atoms. The van der Waals surface area contributed by atoms with Crippen molar-refractivity contribution in [3.05, 3.63) is 51.7 Å². The quantitative estimate of drug-likeness (QED) is 0.899. The Bertz CT molecular complexity index is 477. The fourth-order valence-electron chi connectivity index (χ4n) is 1.79. The molecule has 2 rings (SSSR count). The van der Waals surface area contributed by atoms with Gasteiger partial charge in [0.15, 0.2) is 0 Å². The number of aryl methyl sites for hydroxylation is 1. The van der Waals surface area contributed by atoms with Gasteiger partial charge in [0.25, 0.3) is 0 Å². The van der Waals surface area contributed by atoms with Crippen molar-refractivity contribution in [3.8, 4) is 5.75 Å². The Kier molecular flexibility index (Phi) is 3.82. The number of ether oxygens (including phenoxy) is 1. The maximum atomic E-state index is 10.2. The van der Waals surface area contributed by atoms with Crippen molar-refractivity contribution in [1.29, 1.82) is 0 Å². The molecule has 0 spiro atoms. The average Bonchev–Trinajstić information content (AvgIpc) is 2.82. The van der Waals surface area contributed by atoms with Gasteiger partial charge >= 0.3 is 0 Å². The van der Waals surface area contributed by atoms with E-state index in [0.29, 0.717) is 6.42 Å². The molecule has 1 aromatic carbocycles. The number of methoxy groups -OCH3 is 1. The molecule has 0 aliphatic carbocycles. The summed E-state index contributed by atoms with van der Waals surface area (Å²) < 4.78 is 5.26. The fourth-order valence-corrected chi connectivity index (χ4v) is 2.48. The van der Waals surface area contributed by atoms with Crippen LogP contribution in [0.2, 0.25) is 0 Å². The third kappa shape index (κ3) is 2.87. The lowest BCUT2D eigenvalue weighted by atomic mass is 10.0. The second kappa shape index (κ2) is 5.34. The highest BCUT2D eigenvalue weighted by atomic mass is 32.1. The van der Waals surface area contributed by atoms with Crippen molar-refractivity contribution in [1.82, 2.24) is 0 Å². The number of rotatable bonds is 4. The number of benzene rings is 1. The highest BCUT2D eigenvalue weighted by Crippen LogP contribution is 2.25. The second-order valence-corrected chi connectivity index (χ2v) is 4.86. The zero-order chi connectivity index (χ0) is 12.3. The van der Waals surface area contributed by atoms with E-state index in [-0.39, 0.29) is 0 Å². The van der Waals surface area contributed by atoms with Gasteiger partial charge in [-0.15, -0.1) is 0 Å². The van der Waals surface area contributed by atoms with Crippen LogP contribution in [0.25, 0.3) is 0 Å². The van der Waals surface area contributed by atoms with Gasteiger partial charge in [-0.1, -0.05) is 12.1 Å². The molecule has 2 aromatic rings. The van der Waals surface area contributed by atoms with Gasteiger partial charge in [0.1, 0.15) is 5.75 Å². The minimum Gasteiger partial charge on any atom is -0.496 e. The normalized spacial score (nSPS) is 12.4. The van der Waals surface area contributed by atoms with Crippen LogP contribution in [0, 0.1) is 6.92 Å². The van der Waals surface area contributed by atoms with E-state index in [1.54, 1.807) is 18.4 Å². The molecule has 3 heteroatoms.